The highest BCUT2D eigenvalue weighted by atomic mass is 16.3. The zero-order valence-corrected chi connectivity index (χ0v) is 23.2. The lowest BCUT2D eigenvalue weighted by molar-refractivity contribution is 0.673. The molecule has 0 saturated carbocycles. The molecule has 3 nitrogen and oxygen atoms in total. The van der Waals surface area contributed by atoms with Crippen molar-refractivity contribution in [2.24, 2.45) is 0 Å². The van der Waals surface area contributed by atoms with E-state index in [4.69, 9.17) is 14.4 Å². The summed E-state index contributed by atoms with van der Waals surface area (Å²) in [7, 11) is 0. The van der Waals surface area contributed by atoms with Crippen molar-refractivity contribution >= 4 is 54.5 Å². The third-order valence-electron chi connectivity index (χ3n) is 8.43. The third kappa shape index (κ3) is 3.83. The summed E-state index contributed by atoms with van der Waals surface area (Å²) in [5.41, 5.74) is 9.63. The number of para-hydroxylation sites is 2. The van der Waals surface area contributed by atoms with E-state index in [1.165, 1.54) is 16.3 Å². The van der Waals surface area contributed by atoms with Crippen molar-refractivity contribution < 1.29 is 4.42 Å². The summed E-state index contributed by atoms with van der Waals surface area (Å²) >= 11 is 0. The van der Waals surface area contributed by atoms with Crippen molar-refractivity contribution in [2.45, 2.75) is 0 Å². The van der Waals surface area contributed by atoms with Gasteiger partial charge in [0.2, 0.25) is 0 Å². The molecule has 2 aromatic heterocycles. The highest BCUT2D eigenvalue weighted by Crippen LogP contribution is 2.42. The van der Waals surface area contributed by atoms with Gasteiger partial charge in [-0.15, -0.1) is 0 Å². The van der Waals surface area contributed by atoms with Gasteiger partial charge < -0.3 is 4.42 Å². The van der Waals surface area contributed by atoms with E-state index in [9.17, 15) is 0 Å². The normalized spacial score (nSPS) is 11.7. The molecule has 0 saturated heterocycles. The SMILES string of the molecule is c1ccc(-c2ccc3c(c2)oc2c4ccccc4c(-c4nc5ccccc5nc4-c4ccc5ccccc5c4)cc32)cc1. The van der Waals surface area contributed by atoms with Gasteiger partial charge in [0, 0.05) is 27.3 Å². The van der Waals surface area contributed by atoms with Gasteiger partial charge in [-0.3, -0.25) is 0 Å². The fourth-order valence-corrected chi connectivity index (χ4v) is 6.33. The van der Waals surface area contributed by atoms with Crippen molar-refractivity contribution in [2.75, 3.05) is 0 Å². The first-order valence-electron chi connectivity index (χ1n) is 14.5. The van der Waals surface area contributed by atoms with Crippen LogP contribution in [0.2, 0.25) is 0 Å². The molecule has 0 bridgehead atoms. The highest BCUT2D eigenvalue weighted by molar-refractivity contribution is 6.20. The first-order valence-corrected chi connectivity index (χ1v) is 14.5. The molecule has 7 aromatic carbocycles. The second-order valence-electron chi connectivity index (χ2n) is 11.0. The largest absolute Gasteiger partial charge is 0.455 e. The maximum atomic E-state index is 6.62. The number of rotatable bonds is 3. The van der Waals surface area contributed by atoms with Crippen LogP contribution in [0.3, 0.4) is 0 Å². The van der Waals surface area contributed by atoms with Gasteiger partial charge in [-0.25, -0.2) is 9.97 Å². The maximum Gasteiger partial charge on any atom is 0.143 e. The third-order valence-corrected chi connectivity index (χ3v) is 8.43. The Morgan fingerprint density at radius 2 is 1.07 bits per heavy atom. The molecule has 2 heterocycles. The molecule has 0 amide bonds. The molecular formula is C40H24N2O. The van der Waals surface area contributed by atoms with Crippen LogP contribution in [0.4, 0.5) is 0 Å². The minimum Gasteiger partial charge on any atom is -0.455 e. The van der Waals surface area contributed by atoms with Gasteiger partial charge in [-0.2, -0.15) is 0 Å². The fraction of sp³-hybridized carbons (Fsp3) is 0. The van der Waals surface area contributed by atoms with Gasteiger partial charge in [0.25, 0.3) is 0 Å². The van der Waals surface area contributed by atoms with Crippen LogP contribution < -0.4 is 0 Å². The summed E-state index contributed by atoms with van der Waals surface area (Å²) in [5.74, 6) is 0. The zero-order chi connectivity index (χ0) is 28.3. The first kappa shape index (κ1) is 23.9. The molecule has 0 radical (unpaired) electrons. The number of furan rings is 1. The molecule has 0 aliphatic heterocycles. The van der Waals surface area contributed by atoms with Gasteiger partial charge in [0.15, 0.2) is 0 Å². The lowest BCUT2D eigenvalue weighted by Crippen LogP contribution is -1.96. The summed E-state index contributed by atoms with van der Waals surface area (Å²) in [5, 5.41) is 6.69. The molecule has 9 rings (SSSR count). The van der Waals surface area contributed by atoms with Crippen LogP contribution in [0, 0.1) is 0 Å². The van der Waals surface area contributed by atoms with E-state index in [1.54, 1.807) is 0 Å². The predicted molar refractivity (Wildman–Crippen MR) is 178 cm³/mol. The van der Waals surface area contributed by atoms with Crippen LogP contribution in [0.1, 0.15) is 0 Å². The Kier molecular flexibility index (Phi) is 5.20. The molecule has 200 valence electrons. The zero-order valence-electron chi connectivity index (χ0n) is 23.2. The van der Waals surface area contributed by atoms with Crippen molar-refractivity contribution in [1.82, 2.24) is 9.97 Å². The van der Waals surface area contributed by atoms with Crippen molar-refractivity contribution in [3.05, 3.63) is 146 Å². The topological polar surface area (TPSA) is 38.9 Å². The Bertz CT molecular complexity index is 2510. The van der Waals surface area contributed by atoms with E-state index in [-0.39, 0.29) is 0 Å². The molecule has 9 aromatic rings. The van der Waals surface area contributed by atoms with E-state index < -0.39 is 0 Å². The standard InChI is InChI=1S/C40H24N2O/c1-2-10-25(11-3-1)28-20-21-31-34-24-33(30-14-6-7-15-32(30)40(34)43-37(31)23-28)39-38(41-35-16-8-9-17-36(35)42-39)29-19-18-26-12-4-5-13-27(26)22-29/h1-24H. The Morgan fingerprint density at radius 3 is 1.91 bits per heavy atom. The van der Waals surface area contributed by atoms with E-state index in [1.807, 2.05) is 30.3 Å². The minimum atomic E-state index is 0.863. The van der Waals surface area contributed by atoms with Crippen molar-refractivity contribution in [3.63, 3.8) is 0 Å². The van der Waals surface area contributed by atoms with Crippen LogP contribution >= 0.6 is 0 Å². The number of hydrogen-bond acceptors (Lipinski definition) is 3. The molecule has 0 unspecified atom stereocenters. The van der Waals surface area contributed by atoms with Gasteiger partial charge in [-0.1, -0.05) is 109 Å². The highest BCUT2D eigenvalue weighted by Gasteiger charge is 2.20. The molecule has 0 N–H and O–H groups in total. The Balaban J connectivity index is 1.35. The molecular weight excluding hydrogens is 524 g/mol. The average Bonchev–Trinajstić information content (AvgIpc) is 3.45. The predicted octanol–water partition coefficient (Wildman–Crippen LogP) is 10.8. The van der Waals surface area contributed by atoms with Gasteiger partial charge in [0.05, 0.1) is 22.4 Å². The fourth-order valence-electron chi connectivity index (χ4n) is 6.33. The van der Waals surface area contributed by atoms with E-state index in [0.29, 0.717) is 0 Å². The van der Waals surface area contributed by atoms with E-state index in [0.717, 1.165) is 71.8 Å². The van der Waals surface area contributed by atoms with Crippen LogP contribution in [0.5, 0.6) is 0 Å². The lowest BCUT2D eigenvalue weighted by atomic mass is 9.94. The maximum absolute atomic E-state index is 6.62. The number of fused-ring (bicyclic) bond motifs is 7. The summed E-state index contributed by atoms with van der Waals surface area (Å²) in [6.07, 6.45) is 0. The van der Waals surface area contributed by atoms with Crippen LogP contribution in [0.15, 0.2) is 150 Å². The Hall–Kier alpha value is -5.80. The second kappa shape index (κ2) is 9.37. The van der Waals surface area contributed by atoms with Crippen molar-refractivity contribution in [1.29, 1.82) is 0 Å². The Labute approximate surface area is 247 Å². The average molecular weight is 549 g/mol. The molecule has 0 aliphatic carbocycles. The lowest BCUT2D eigenvalue weighted by Gasteiger charge is -2.14. The monoisotopic (exact) mass is 548 g/mol. The summed E-state index contributed by atoms with van der Waals surface area (Å²) in [6, 6.07) is 50.7. The Morgan fingerprint density at radius 1 is 0.395 bits per heavy atom. The van der Waals surface area contributed by atoms with Gasteiger partial charge in [-0.05, 0) is 63.7 Å². The number of nitrogens with zero attached hydrogens (tertiary/aromatic N) is 2. The summed E-state index contributed by atoms with van der Waals surface area (Å²) in [4.78, 5) is 10.5. The van der Waals surface area contributed by atoms with E-state index in [2.05, 4.69) is 115 Å². The molecule has 0 fully saturated rings. The molecule has 3 heteroatoms. The van der Waals surface area contributed by atoms with Crippen LogP contribution in [-0.4, -0.2) is 9.97 Å². The van der Waals surface area contributed by atoms with Crippen LogP contribution in [-0.2, 0) is 0 Å². The molecule has 0 aliphatic rings. The van der Waals surface area contributed by atoms with Crippen molar-refractivity contribution in [3.8, 4) is 33.6 Å². The molecule has 0 atom stereocenters. The summed E-state index contributed by atoms with van der Waals surface area (Å²) < 4.78 is 6.62. The molecule has 43 heavy (non-hydrogen) atoms. The van der Waals surface area contributed by atoms with Crippen LogP contribution in [0.25, 0.3) is 88.2 Å². The number of aromatic nitrogens is 2. The number of benzene rings is 7. The number of hydrogen-bond donors (Lipinski definition) is 0. The van der Waals surface area contributed by atoms with Gasteiger partial charge in [0.1, 0.15) is 11.2 Å². The molecule has 0 spiro atoms. The minimum absolute atomic E-state index is 0.863. The first-order chi connectivity index (χ1) is 21.3. The van der Waals surface area contributed by atoms with Gasteiger partial charge >= 0.3 is 0 Å². The smallest absolute Gasteiger partial charge is 0.143 e. The quantitative estimate of drug-likeness (QED) is 0.220. The summed E-state index contributed by atoms with van der Waals surface area (Å²) in [6.45, 7) is 0. The second-order valence-corrected chi connectivity index (χ2v) is 11.0. The van der Waals surface area contributed by atoms with E-state index >= 15 is 0 Å².